The Hall–Kier alpha value is -4.22. The number of benzene rings is 4. The van der Waals surface area contributed by atoms with Gasteiger partial charge in [-0.05, 0) is 86.5 Å². The van der Waals surface area contributed by atoms with Gasteiger partial charge in [-0.3, -0.25) is 4.90 Å². The first-order valence-corrected chi connectivity index (χ1v) is 19.2. The Labute approximate surface area is 310 Å². The highest BCUT2D eigenvalue weighted by Gasteiger charge is 2.35. The van der Waals surface area contributed by atoms with E-state index in [9.17, 15) is 18.3 Å². The number of carbonyl (C=O) groups is 1. The molecule has 4 aromatic carbocycles. The summed E-state index contributed by atoms with van der Waals surface area (Å²) in [5, 5.41) is 14.6. The summed E-state index contributed by atoms with van der Waals surface area (Å²) in [4.78, 5) is 15.4. The Morgan fingerprint density at radius 2 is 1.27 bits per heavy atom. The van der Waals surface area contributed by atoms with Crippen LogP contribution in [0.25, 0.3) is 0 Å². The summed E-state index contributed by atoms with van der Waals surface area (Å²) >= 11 is 0. The number of aliphatic hydroxyl groups is 1. The van der Waals surface area contributed by atoms with Crippen molar-refractivity contribution in [2.45, 2.75) is 83.2 Å². The minimum atomic E-state index is -4.09. The van der Waals surface area contributed by atoms with E-state index in [1.54, 1.807) is 32.9 Å². The quantitative estimate of drug-likeness (QED) is 0.111. The Morgan fingerprint density at radius 3 is 1.75 bits per heavy atom. The van der Waals surface area contributed by atoms with Crippen LogP contribution >= 0.6 is 0 Å². The molecule has 0 spiro atoms. The number of carbonyl (C=O) groups excluding carboxylic acids is 1. The van der Waals surface area contributed by atoms with Gasteiger partial charge < -0.3 is 19.9 Å². The Balaban J connectivity index is 1.60. The molecule has 0 bridgehead atoms. The van der Waals surface area contributed by atoms with Crippen molar-refractivity contribution >= 4 is 16.1 Å². The molecule has 0 aliphatic heterocycles. The third-order valence-corrected chi connectivity index (χ3v) is 10.6. The lowest BCUT2D eigenvalue weighted by atomic mass is 9.88. The van der Waals surface area contributed by atoms with Gasteiger partial charge >= 0.3 is 6.09 Å². The third kappa shape index (κ3) is 13.1. The maximum atomic E-state index is 14.4. The first-order valence-electron chi connectivity index (χ1n) is 17.8. The van der Waals surface area contributed by atoms with Crippen LogP contribution in [-0.2, 0) is 34.3 Å². The molecule has 52 heavy (non-hydrogen) atoms. The highest BCUT2D eigenvalue weighted by Crippen LogP contribution is 2.29. The van der Waals surface area contributed by atoms with Crippen LogP contribution in [-0.4, -0.2) is 73.3 Å². The molecule has 0 aromatic heterocycles. The number of rotatable bonds is 18. The van der Waals surface area contributed by atoms with Crippen LogP contribution in [0.5, 0.6) is 5.75 Å². The van der Waals surface area contributed by atoms with Crippen molar-refractivity contribution in [1.29, 1.82) is 0 Å². The SMILES string of the molecule is COc1ccc(S(=O)(=O)N(CC(O)C(Cc2ccccc2)NC(=O)OC(C)(C)C)CC(C)(C)CCN(Cc2ccccc2)Cc2ccccc2)cc1. The summed E-state index contributed by atoms with van der Waals surface area (Å²) in [6, 6.07) is 35.5. The van der Waals surface area contributed by atoms with E-state index in [-0.39, 0.29) is 24.4 Å². The molecule has 10 heteroatoms. The Bertz CT molecular complexity index is 1720. The summed E-state index contributed by atoms with van der Waals surface area (Å²) in [6.45, 7) is 11.5. The van der Waals surface area contributed by atoms with Crippen LogP contribution in [0.4, 0.5) is 4.79 Å². The molecule has 0 aliphatic carbocycles. The van der Waals surface area contributed by atoms with Crippen LogP contribution in [0.15, 0.2) is 120 Å². The smallest absolute Gasteiger partial charge is 0.407 e. The highest BCUT2D eigenvalue weighted by molar-refractivity contribution is 7.89. The summed E-state index contributed by atoms with van der Waals surface area (Å²) < 4.78 is 41.0. The summed E-state index contributed by atoms with van der Waals surface area (Å²) in [6.07, 6.45) is -0.991. The molecule has 2 atom stereocenters. The fraction of sp³-hybridized carbons (Fsp3) is 0.405. The summed E-state index contributed by atoms with van der Waals surface area (Å²) in [5.41, 5.74) is 2.02. The van der Waals surface area contributed by atoms with Crippen molar-refractivity contribution in [3.05, 3.63) is 132 Å². The molecule has 0 aliphatic rings. The van der Waals surface area contributed by atoms with Gasteiger partial charge in [0.25, 0.3) is 0 Å². The van der Waals surface area contributed by atoms with E-state index in [0.29, 0.717) is 18.7 Å². The maximum absolute atomic E-state index is 14.4. The molecule has 4 rings (SSSR count). The number of hydrogen-bond acceptors (Lipinski definition) is 7. The van der Waals surface area contributed by atoms with Crippen molar-refractivity contribution in [1.82, 2.24) is 14.5 Å². The fourth-order valence-electron chi connectivity index (χ4n) is 6.01. The number of nitrogens with zero attached hydrogens (tertiary/aromatic N) is 2. The van der Waals surface area contributed by atoms with E-state index in [0.717, 1.165) is 18.7 Å². The largest absolute Gasteiger partial charge is 0.497 e. The van der Waals surface area contributed by atoms with Gasteiger partial charge in [-0.15, -0.1) is 0 Å². The van der Waals surface area contributed by atoms with Crippen LogP contribution in [0.2, 0.25) is 0 Å². The fourth-order valence-corrected chi connectivity index (χ4v) is 7.65. The standard InChI is InChI=1S/C42H55N3O6S/c1-41(2,3)51-40(47)43-38(28-33-16-10-7-11-17-33)39(46)31-45(52(48,49)37-24-22-36(50-6)23-25-37)32-42(4,5)26-27-44(29-34-18-12-8-13-19-34)30-35-20-14-9-15-21-35/h7-25,38-39,46H,26-32H2,1-6H3,(H,43,47). The molecule has 0 heterocycles. The van der Waals surface area contributed by atoms with E-state index in [1.165, 1.54) is 34.7 Å². The van der Waals surface area contributed by atoms with Crippen LogP contribution in [0, 0.1) is 5.41 Å². The molecule has 0 saturated carbocycles. The third-order valence-electron chi connectivity index (χ3n) is 8.76. The number of nitrogens with one attached hydrogen (secondary N) is 1. The molecular weight excluding hydrogens is 675 g/mol. The molecule has 0 fully saturated rings. The van der Waals surface area contributed by atoms with Gasteiger partial charge in [0.15, 0.2) is 0 Å². The second-order valence-electron chi connectivity index (χ2n) is 15.1. The average Bonchev–Trinajstić information content (AvgIpc) is 3.10. The lowest BCUT2D eigenvalue weighted by Crippen LogP contribution is -2.52. The Kier molecular flexibility index (Phi) is 14.4. The molecular formula is C42H55N3O6S. The highest BCUT2D eigenvalue weighted by atomic mass is 32.2. The van der Waals surface area contributed by atoms with Gasteiger partial charge in [-0.2, -0.15) is 4.31 Å². The topological polar surface area (TPSA) is 108 Å². The lowest BCUT2D eigenvalue weighted by Gasteiger charge is -2.36. The van der Waals surface area contributed by atoms with Crippen molar-refractivity contribution in [2.24, 2.45) is 5.41 Å². The molecule has 0 radical (unpaired) electrons. The molecule has 2 unspecified atom stereocenters. The number of hydrogen-bond donors (Lipinski definition) is 2. The van der Waals surface area contributed by atoms with Crippen molar-refractivity contribution in [3.8, 4) is 5.75 Å². The first kappa shape index (κ1) is 40.5. The molecule has 1 amide bonds. The zero-order valence-electron chi connectivity index (χ0n) is 31.4. The van der Waals surface area contributed by atoms with Gasteiger partial charge in [0.1, 0.15) is 11.4 Å². The molecule has 0 saturated heterocycles. The zero-order valence-corrected chi connectivity index (χ0v) is 32.2. The average molecular weight is 730 g/mol. The van der Waals surface area contributed by atoms with E-state index in [4.69, 9.17) is 9.47 Å². The second-order valence-corrected chi connectivity index (χ2v) is 17.0. The molecule has 2 N–H and O–H groups in total. The number of ether oxygens (including phenoxy) is 2. The molecule has 9 nitrogen and oxygen atoms in total. The number of alkyl carbamates (subject to hydrolysis) is 1. The van der Waals surface area contributed by atoms with Crippen LogP contribution in [0.1, 0.15) is 57.7 Å². The lowest BCUT2D eigenvalue weighted by molar-refractivity contribution is 0.0390. The van der Waals surface area contributed by atoms with Crippen molar-refractivity contribution in [2.75, 3.05) is 26.7 Å². The molecule has 4 aromatic rings. The monoisotopic (exact) mass is 729 g/mol. The van der Waals surface area contributed by atoms with Crippen molar-refractivity contribution in [3.63, 3.8) is 0 Å². The summed E-state index contributed by atoms with van der Waals surface area (Å²) in [7, 11) is -2.57. The predicted octanol–water partition coefficient (Wildman–Crippen LogP) is 7.30. The van der Waals surface area contributed by atoms with E-state index in [2.05, 4.69) is 48.3 Å². The normalized spacial score (nSPS) is 13.5. The van der Waals surface area contributed by atoms with Crippen molar-refractivity contribution < 1.29 is 27.8 Å². The van der Waals surface area contributed by atoms with Crippen LogP contribution < -0.4 is 10.1 Å². The van der Waals surface area contributed by atoms with E-state index in [1.807, 2.05) is 66.7 Å². The zero-order chi connectivity index (χ0) is 37.8. The number of amides is 1. The minimum absolute atomic E-state index is 0.0887. The molecule has 280 valence electrons. The van der Waals surface area contributed by atoms with Crippen LogP contribution in [0.3, 0.4) is 0 Å². The second kappa shape index (κ2) is 18.5. The van der Waals surface area contributed by atoms with Gasteiger partial charge in [0.2, 0.25) is 10.0 Å². The van der Waals surface area contributed by atoms with Gasteiger partial charge in [-0.1, -0.05) is 105 Å². The minimum Gasteiger partial charge on any atom is -0.497 e. The van der Waals surface area contributed by atoms with Gasteiger partial charge in [0, 0.05) is 26.2 Å². The number of methoxy groups -OCH3 is 1. The van der Waals surface area contributed by atoms with E-state index < -0.39 is 39.3 Å². The summed E-state index contributed by atoms with van der Waals surface area (Å²) in [5.74, 6) is 0.535. The van der Waals surface area contributed by atoms with Gasteiger partial charge in [0.05, 0.1) is 24.2 Å². The first-order chi connectivity index (χ1) is 24.6. The maximum Gasteiger partial charge on any atom is 0.407 e. The van der Waals surface area contributed by atoms with Gasteiger partial charge in [-0.25, -0.2) is 13.2 Å². The Morgan fingerprint density at radius 1 is 0.769 bits per heavy atom. The predicted molar refractivity (Wildman–Crippen MR) is 206 cm³/mol. The number of sulfonamides is 1. The van der Waals surface area contributed by atoms with E-state index >= 15 is 0 Å². The number of aliphatic hydroxyl groups excluding tert-OH is 1.